The molecule has 0 bridgehead atoms. The molecule has 1 aromatic carbocycles. The average Bonchev–Trinajstić information content (AvgIpc) is 2.86. The van der Waals surface area contributed by atoms with Crippen molar-refractivity contribution in [3.05, 3.63) is 51.8 Å². The van der Waals surface area contributed by atoms with Crippen LogP contribution in [0, 0.1) is 17.0 Å². The molecule has 7 heteroatoms. The summed E-state index contributed by atoms with van der Waals surface area (Å²) in [6, 6.07) is 7.88. The van der Waals surface area contributed by atoms with Gasteiger partial charge in [-0.05, 0) is 30.7 Å². The first-order chi connectivity index (χ1) is 9.97. The lowest BCUT2D eigenvalue weighted by molar-refractivity contribution is -0.384. The lowest BCUT2D eigenvalue weighted by Gasteiger charge is -2.02. The topological polar surface area (TPSA) is 94.9 Å². The second-order valence-electron chi connectivity index (χ2n) is 4.28. The van der Waals surface area contributed by atoms with E-state index >= 15 is 0 Å². The largest absolute Gasteiger partial charge is 0.455 e. The summed E-state index contributed by atoms with van der Waals surface area (Å²) in [5.41, 5.74) is 1.49. The number of oxime groups is 1. The maximum atomic E-state index is 10.7. The van der Waals surface area contributed by atoms with Gasteiger partial charge in [0, 0.05) is 24.6 Å². The average molecular weight is 288 g/mol. The molecule has 0 atom stereocenters. The molecule has 0 saturated carbocycles. The van der Waals surface area contributed by atoms with Gasteiger partial charge in [0.05, 0.1) is 4.92 Å². The predicted molar refractivity (Wildman–Crippen MR) is 74.9 cm³/mol. The number of non-ortho nitro benzene ring substituents is 1. The van der Waals surface area contributed by atoms with Crippen molar-refractivity contribution in [2.45, 2.75) is 13.8 Å². The third kappa shape index (κ3) is 3.53. The van der Waals surface area contributed by atoms with Gasteiger partial charge in [0.25, 0.3) is 5.69 Å². The Kier molecular flexibility index (Phi) is 4.13. The van der Waals surface area contributed by atoms with E-state index < -0.39 is 10.9 Å². The standard InChI is InChI=1S/C14H12N2O5/c1-9-7-11(16(18)19)3-5-13(9)14-6-4-12(20-14)8-15-21-10(2)17/h3-8H,1-2H3/b15-8+. The molecular weight excluding hydrogens is 276 g/mol. The van der Waals surface area contributed by atoms with E-state index in [4.69, 9.17) is 4.42 Å². The van der Waals surface area contributed by atoms with Crippen LogP contribution in [0.1, 0.15) is 18.2 Å². The van der Waals surface area contributed by atoms with Crippen LogP contribution in [0.2, 0.25) is 0 Å². The van der Waals surface area contributed by atoms with E-state index in [0.717, 1.165) is 11.1 Å². The number of benzene rings is 1. The molecule has 0 radical (unpaired) electrons. The van der Waals surface area contributed by atoms with E-state index in [9.17, 15) is 14.9 Å². The van der Waals surface area contributed by atoms with E-state index in [1.165, 1.54) is 25.3 Å². The van der Waals surface area contributed by atoms with Crippen molar-refractivity contribution >= 4 is 17.9 Å². The highest BCUT2D eigenvalue weighted by atomic mass is 16.7. The van der Waals surface area contributed by atoms with Crippen LogP contribution in [0.5, 0.6) is 0 Å². The zero-order valence-electron chi connectivity index (χ0n) is 11.4. The molecule has 21 heavy (non-hydrogen) atoms. The van der Waals surface area contributed by atoms with Gasteiger partial charge in [0.15, 0.2) is 0 Å². The molecule has 108 valence electrons. The molecule has 2 rings (SSSR count). The Morgan fingerprint density at radius 3 is 2.76 bits per heavy atom. The Labute approximate surface area is 120 Å². The molecule has 1 aromatic heterocycles. The number of nitro groups is 1. The lowest BCUT2D eigenvalue weighted by Crippen LogP contribution is -1.91. The van der Waals surface area contributed by atoms with Crippen molar-refractivity contribution in [2.24, 2.45) is 5.16 Å². The minimum atomic E-state index is -0.524. The van der Waals surface area contributed by atoms with Crippen LogP contribution in [-0.4, -0.2) is 17.1 Å². The molecule has 0 unspecified atom stereocenters. The number of rotatable bonds is 4. The number of furan rings is 1. The number of aryl methyl sites for hydroxylation is 1. The molecular formula is C14H12N2O5. The van der Waals surface area contributed by atoms with Crippen LogP contribution >= 0.6 is 0 Å². The first kappa shape index (κ1) is 14.4. The number of nitrogens with zero attached hydrogens (tertiary/aromatic N) is 2. The molecule has 2 aromatic rings. The van der Waals surface area contributed by atoms with Crippen LogP contribution in [0.3, 0.4) is 0 Å². The third-order valence-corrected chi connectivity index (χ3v) is 2.67. The molecule has 0 N–H and O–H groups in total. The fraction of sp³-hybridized carbons (Fsp3) is 0.143. The summed E-state index contributed by atoms with van der Waals surface area (Å²) < 4.78 is 5.52. The SMILES string of the molecule is CC(=O)O/N=C/c1ccc(-c2ccc([N+](=O)[O-])cc2C)o1. The Bertz CT molecular complexity index is 718. The first-order valence-corrected chi connectivity index (χ1v) is 6.03. The highest BCUT2D eigenvalue weighted by molar-refractivity contribution is 5.78. The summed E-state index contributed by atoms with van der Waals surface area (Å²) in [6.07, 6.45) is 1.27. The van der Waals surface area contributed by atoms with Crippen molar-refractivity contribution < 1.29 is 19.0 Å². The number of carbonyl (C=O) groups is 1. The summed E-state index contributed by atoms with van der Waals surface area (Å²) in [5, 5.41) is 14.2. The van der Waals surface area contributed by atoms with Crippen LogP contribution < -0.4 is 0 Å². The number of hydrogen-bond acceptors (Lipinski definition) is 6. The summed E-state index contributed by atoms with van der Waals surface area (Å²) in [5.74, 6) is 0.430. The van der Waals surface area contributed by atoms with Crippen molar-refractivity contribution in [1.82, 2.24) is 0 Å². The summed E-state index contributed by atoms with van der Waals surface area (Å²) in [6.45, 7) is 3.00. The Morgan fingerprint density at radius 2 is 2.14 bits per heavy atom. The summed E-state index contributed by atoms with van der Waals surface area (Å²) >= 11 is 0. The van der Waals surface area contributed by atoms with Crippen LogP contribution in [0.15, 0.2) is 39.9 Å². The maximum absolute atomic E-state index is 10.7. The minimum absolute atomic E-state index is 0.0273. The Hall–Kier alpha value is -2.96. The van der Waals surface area contributed by atoms with Crippen molar-refractivity contribution in [2.75, 3.05) is 0 Å². The van der Waals surface area contributed by atoms with Gasteiger partial charge >= 0.3 is 5.97 Å². The van der Waals surface area contributed by atoms with Gasteiger partial charge in [-0.1, -0.05) is 5.16 Å². The number of carbonyl (C=O) groups excluding carboxylic acids is 1. The molecule has 0 fully saturated rings. The quantitative estimate of drug-likeness (QED) is 0.373. The van der Waals surface area contributed by atoms with Crippen LogP contribution in [0.25, 0.3) is 11.3 Å². The molecule has 0 aliphatic rings. The molecule has 0 amide bonds. The lowest BCUT2D eigenvalue weighted by atomic mass is 10.1. The van der Waals surface area contributed by atoms with Gasteiger partial charge in [-0.2, -0.15) is 0 Å². The van der Waals surface area contributed by atoms with Crippen molar-refractivity contribution in [1.29, 1.82) is 0 Å². The summed E-state index contributed by atoms with van der Waals surface area (Å²) in [4.78, 5) is 25.2. The minimum Gasteiger partial charge on any atom is -0.455 e. The van der Waals surface area contributed by atoms with Crippen LogP contribution in [-0.2, 0) is 9.63 Å². The van der Waals surface area contributed by atoms with E-state index in [1.807, 2.05) is 0 Å². The van der Waals surface area contributed by atoms with Gasteiger partial charge in [-0.15, -0.1) is 0 Å². The van der Waals surface area contributed by atoms with Gasteiger partial charge in [0.2, 0.25) is 0 Å². The van der Waals surface area contributed by atoms with Crippen molar-refractivity contribution in [3.8, 4) is 11.3 Å². The normalized spacial score (nSPS) is 10.8. The van der Waals surface area contributed by atoms with Gasteiger partial charge in [-0.3, -0.25) is 10.1 Å². The smallest absolute Gasteiger partial charge is 0.331 e. The molecule has 0 aliphatic carbocycles. The van der Waals surface area contributed by atoms with E-state index in [1.54, 1.807) is 25.1 Å². The Balaban J connectivity index is 2.23. The van der Waals surface area contributed by atoms with Gasteiger partial charge < -0.3 is 9.25 Å². The first-order valence-electron chi connectivity index (χ1n) is 6.03. The zero-order chi connectivity index (χ0) is 15.4. The van der Waals surface area contributed by atoms with Crippen molar-refractivity contribution in [3.63, 3.8) is 0 Å². The second kappa shape index (κ2) is 6.00. The molecule has 7 nitrogen and oxygen atoms in total. The Morgan fingerprint density at radius 1 is 1.38 bits per heavy atom. The molecule has 1 heterocycles. The van der Waals surface area contributed by atoms with Crippen LogP contribution in [0.4, 0.5) is 5.69 Å². The van der Waals surface area contributed by atoms with E-state index in [0.29, 0.717) is 11.5 Å². The summed E-state index contributed by atoms with van der Waals surface area (Å²) in [7, 11) is 0. The monoisotopic (exact) mass is 288 g/mol. The third-order valence-electron chi connectivity index (χ3n) is 2.67. The van der Waals surface area contributed by atoms with E-state index in [2.05, 4.69) is 9.99 Å². The maximum Gasteiger partial charge on any atom is 0.331 e. The highest BCUT2D eigenvalue weighted by Gasteiger charge is 2.11. The molecule has 0 aliphatic heterocycles. The number of hydrogen-bond donors (Lipinski definition) is 0. The fourth-order valence-corrected chi connectivity index (χ4v) is 1.76. The van der Waals surface area contributed by atoms with Gasteiger partial charge in [-0.25, -0.2) is 4.79 Å². The fourth-order valence-electron chi connectivity index (χ4n) is 1.76. The second-order valence-corrected chi connectivity index (χ2v) is 4.28. The van der Waals surface area contributed by atoms with Gasteiger partial charge in [0.1, 0.15) is 17.7 Å². The molecule has 0 saturated heterocycles. The highest BCUT2D eigenvalue weighted by Crippen LogP contribution is 2.28. The number of nitro benzene ring substituents is 1. The van der Waals surface area contributed by atoms with E-state index in [-0.39, 0.29) is 5.69 Å². The zero-order valence-corrected chi connectivity index (χ0v) is 11.4. The predicted octanol–water partition coefficient (Wildman–Crippen LogP) is 3.06. The molecule has 0 spiro atoms.